The number of carboxylic acid groups (broad SMARTS) is 1. The minimum absolute atomic E-state index is 0.0944. The van der Waals surface area contributed by atoms with Crippen molar-refractivity contribution >= 4 is 40.4 Å². The Hall–Kier alpha value is -3.06. The number of hydrogen-bond donors (Lipinski definition) is 4. The maximum absolute atomic E-state index is 10.8. The van der Waals surface area contributed by atoms with E-state index in [2.05, 4.69) is 34.8 Å². The lowest BCUT2D eigenvalue weighted by molar-refractivity contribution is -0.432. The maximum Gasteiger partial charge on any atom is 0.373 e. The van der Waals surface area contributed by atoms with Gasteiger partial charge in [-0.2, -0.15) is 4.98 Å². The second-order valence-corrected chi connectivity index (χ2v) is 5.75. The molecule has 12 heteroatoms. The fraction of sp³-hybridized carbons (Fsp3) is 0.0714. The molecule has 3 aromatic rings. The van der Waals surface area contributed by atoms with Gasteiger partial charge in [0, 0.05) is 5.39 Å². The number of phenols is 1. The zero-order valence-corrected chi connectivity index (χ0v) is 13.9. The largest absolute Gasteiger partial charge is 0.504 e. The normalized spacial score (nSPS) is 11.5. The first-order valence-electron chi connectivity index (χ1n) is 6.98. The number of nitrogens with one attached hydrogen (secondary N) is 1. The number of benzene rings is 2. The molecule has 3 rings (SSSR count). The molecule has 0 unspecified atom stereocenters. The van der Waals surface area contributed by atoms with Gasteiger partial charge in [0.1, 0.15) is 5.69 Å². The van der Waals surface area contributed by atoms with E-state index in [1.54, 1.807) is 12.1 Å². The van der Waals surface area contributed by atoms with Gasteiger partial charge in [-0.1, -0.05) is 22.7 Å². The summed E-state index contributed by atoms with van der Waals surface area (Å²) in [6.07, 6.45) is 0. The highest BCUT2D eigenvalue weighted by Crippen LogP contribution is 2.43. The van der Waals surface area contributed by atoms with Gasteiger partial charge in [0.15, 0.2) is 5.75 Å². The zero-order valence-electron chi connectivity index (χ0n) is 13.1. The first-order valence-corrected chi connectivity index (χ1v) is 7.72. The first kappa shape index (κ1) is 17.8. The zero-order chi connectivity index (χ0) is 18.7. The van der Waals surface area contributed by atoms with Crippen LogP contribution in [0.1, 0.15) is 16.2 Å². The van der Waals surface area contributed by atoms with Crippen molar-refractivity contribution in [2.45, 2.75) is 11.8 Å². The van der Waals surface area contributed by atoms with E-state index in [4.69, 9.17) is 10.4 Å². The number of nitrogens with zero attached hydrogens (tertiary/aromatic N) is 4. The molecule has 0 aliphatic rings. The van der Waals surface area contributed by atoms with Crippen LogP contribution in [-0.2, 0) is 9.37 Å². The van der Waals surface area contributed by atoms with Gasteiger partial charge >= 0.3 is 5.97 Å². The average molecular weight is 377 g/mol. The molecule has 1 aromatic heterocycles. The number of aryl methyl sites for hydroxylation is 1. The van der Waals surface area contributed by atoms with Gasteiger partial charge in [0.25, 0.3) is 5.95 Å². The molecule has 0 radical (unpaired) electrons. The molecule has 0 atom stereocenters. The van der Waals surface area contributed by atoms with Crippen molar-refractivity contribution in [2.24, 2.45) is 10.2 Å². The number of H-pyrrole nitrogens is 1. The van der Waals surface area contributed by atoms with E-state index in [1.165, 1.54) is 0 Å². The summed E-state index contributed by atoms with van der Waals surface area (Å²) in [6, 6.07) is 7.08. The van der Waals surface area contributed by atoms with Crippen LogP contribution in [0.4, 0.5) is 11.6 Å². The van der Waals surface area contributed by atoms with Crippen molar-refractivity contribution in [3.05, 3.63) is 35.7 Å². The van der Waals surface area contributed by atoms with Gasteiger partial charge in [-0.3, -0.25) is 5.10 Å². The van der Waals surface area contributed by atoms with Gasteiger partial charge in [-0.15, -0.1) is 19.7 Å². The van der Waals surface area contributed by atoms with E-state index in [1.807, 2.05) is 19.1 Å². The Morgan fingerprint density at radius 1 is 1.31 bits per heavy atom. The van der Waals surface area contributed by atoms with Crippen LogP contribution >= 0.6 is 12.0 Å². The van der Waals surface area contributed by atoms with E-state index in [0.717, 1.165) is 5.56 Å². The van der Waals surface area contributed by atoms with E-state index in [9.17, 15) is 9.90 Å². The van der Waals surface area contributed by atoms with Gasteiger partial charge in [0.05, 0.1) is 16.9 Å². The van der Waals surface area contributed by atoms with Gasteiger partial charge in [0.2, 0.25) is 5.82 Å². The average Bonchev–Trinajstić information content (AvgIpc) is 3.09. The Labute approximate surface area is 149 Å². The third-order valence-corrected chi connectivity index (χ3v) is 3.90. The van der Waals surface area contributed by atoms with Crippen molar-refractivity contribution < 1.29 is 29.6 Å². The van der Waals surface area contributed by atoms with Crippen molar-refractivity contribution in [3.63, 3.8) is 0 Å². The summed E-state index contributed by atoms with van der Waals surface area (Å²) >= 11 is 0.571. The molecule has 2 aromatic carbocycles. The molecule has 0 amide bonds. The second-order valence-electron chi connectivity index (χ2n) is 5.01. The van der Waals surface area contributed by atoms with Crippen molar-refractivity contribution in [3.8, 4) is 5.75 Å². The molecule has 134 valence electrons. The number of hydrogen-bond acceptors (Lipinski definition) is 10. The van der Waals surface area contributed by atoms with Gasteiger partial charge < -0.3 is 10.2 Å². The fourth-order valence-electron chi connectivity index (χ4n) is 2.16. The second kappa shape index (κ2) is 7.45. The Morgan fingerprint density at radius 3 is 2.81 bits per heavy atom. The third kappa shape index (κ3) is 3.62. The number of aromatic carboxylic acids is 1. The Balaban J connectivity index is 2.08. The molecule has 0 saturated heterocycles. The van der Waals surface area contributed by atoms with Crippen LogP contribution in [0.15, 0.2) is 39.4 Å². The van der Waals surface area contributed by atoms with Crippen molar-refractivity contribution in [2.75, 3.05) is 0 Å². The third-order valence-electron chi connectivity index (χ3n) is 3.28. The Morgan fingerprint density at radius 2 is 2.12 bits per heavy atom. The highest BCUT2D eigenvalue weighted by atomic mass is 32.2. The predicted molar refractivity (Wildman–Crippen MR) is 88.5 cm³/mol. The Kier molecular flexibility index (Phi) is 5.09. The molecule has 4 N–H and O–H groups in total. The SMILES string of the molecule is Cc1ccc2cc(SOOO)c(O)c(N=Nc3n[nH]c(C(=O)O)n3)c2c1. The number of rotatable bonds is 6. The van der Waals surface area contributed by atoms with Crippen LogP contribution in [0, 0.1) is 6.92 Å². The van der Waals surface area contributed by atoms with E-state index >= 15 is 0 Å². The number of carboxylic acids is 1. The van der Waals surface area contributed by atoms with Crippen LogP contribution in [-0.4, -0.2) is 36.6 Å². The summed E-state index contributed by atoms with van der Waals surface area (Å²) in [5.41, 5.74) is 1.02. The molecule has 0 fully saturated rings. The molecule has 0 saturated carbocycles. The number of aromatic nitrogens is 3. The van der Waals surface area contributed by atoms with E-state index < -0.39 is 5.97 Å². The van der Waals surface area contributed by atoms with Crippen LogP contribution in [0.2, 0.25) is 0 Å². The summed E-state index contributed by atoms with van der Waals surface area (Å²) in [5.74, 6) is -2.16. The number of phenolic OH excluding ortho intramolecular Hbond substituents is 1. The lowest BCUT2D eigenvalue weighted by Crippen LogP contribution is -1.98. The van der Waals surface area contributed by atoms with Gasteiger partial charge in [-0.25, -0.2) is 10.1 Å². The number of aromatic hydroxyl groups is 1. The standard InChI is InChI=1S/C14H11N5O6S/c1-6-2-3-7-5-9(26-25-24-23)11(20)10(8(7)4-6)16-18-14-15-12(13(21)22)17-19-14/h2-5,20,23H,1H3,(H,21,22)(H,15,17,19). The smallest absolute Gasteiger partial charge is 0.373 e. The summed E-state index contributed by atoms with van der Waals surface area (Å²) < 4.78 is 4.37. The topological polar surface area (TPSA) is 163 Å². The fourth-order valence-corrected chi connectivity index (χ4v) is 2.61. The molecule has 11 nitrogen and oxygen atoms in total. The lowest BCUT2D eigenvalue weighted by atomic mass is 10.1. The summed E-state index contributed by atoms with van der Waals surface area (Å²) in [4.78, 5) is 14.7. The molecule has 0 aliphatic heterocycles. The molecule has 0 spiro atoms. The molecular formula is C14H11N5O6S. The number of aromatic amines is 1. The molecular weight excluding hydrogens is 366 g/mol. The molecule has 1 heterocycles. The van der Waals surface area contributed by atoms with Crippen molar-refractivity contribution in [1.29, 1.82) is 0 Å². The molecule has 26 heavy (non-hydrogen) atoms. The predicted octanol–water partition coefficient (Wildman–Crippen LogP) is 3.51. The summed E-state index contributed by atoms with van der Waals surface area (Å²) in [5, 5.41) is 45.9. The minimum atomic E-state index is -1.29. The van der Waals surface area contributed by atoms with Crippen molar-refractivity contribution in [1.82, 2.24) is 15.2 Å². The van der Waals surface area contributed by atoms with Crippen LogP contribution in [0.3, 0.4) is 0 Å². The van der Waals surface area contributed by atoms with Crippen LogP contribution < -0.4 is 0 Å². The summed E-state index contributed by atoms with van der Waals surface area (Å²) in [7, 11) is 0. The first-order chi connectivity index (χ1) is 12.5. The summed E-state index contributed by atoms with van der Waals surface area (Å²) in [6.45, 7) is 1.87. The maximum atomic E-state index is 10.8. The van der Waals surface area contributed by atoms with Gasteiger partial charge in [-0.05, 0) is 24.4 Å². The minimum Gasteiger partial charge on any atom is -0.504 e. The van der Waals surface area contributed by atoms with Crippen LogP contribution in [0.5, 0.6) is 5.75 Å². The highest BCUT2D eigenvalue weighted by Gasteiger charge is 2.15. The van der Waals surface area contributed by atoms with E-state index in [-0.39, 0.29) is 28.1 Å². The highest BCUT2D eigenvalue weighted by molar-refractivity contribution is 7.94. The Bertz CT molecular complexity index is 1000. The number of carbonyl (C=O) groups is 1. The quantitative estimate of drug-likeness (QED) is 0.218. The molecule has 0 aliphatic carbocycles. The number of azo groups is 1. The monoisotopic (exact) mass is 377 g/mol. The molecule has 0 bridgehead atoms. The number of fused-ring (bicyclic) bond motifs is 1. The lowest BCUT2D eigenvalue weighted by Gasteiger charge is -2.09. The van der Waals surface area contributed by atoms with E-state index in [0.29, 0.717) is 22.8 Å². The van der Waals surface area contributed by atoms with Crippen LogP contribution in [0.25, 0.3) is 10.8 Å².